The van der Waals surface area contributed by atoms with Crippen LogP contribution >= 0.6 is 0 Å². The molecule has 2 N–H and O–H groups in total. The molecule has 1 amide bonds. The Morgan fingerprint density at radius 2 is 1.77 bits per heavy atom. The molecular weight excluding hydrogens is 278 g/mol. The molecule has 4 heteroatoms. The summed E-state index contributed by atoms with van der Waals surface area (Å²) in [4.78, 5) is 11.6. The summed E-state index contributed by atoms with van der Waals surface area (Å²) in [6, 6.07) is 15.3. The van der Waals surface area contributed by atoms with Gasteiger partial charge in [0.15, 0.2) is 0 Å². The number of ether oxygens (including phenoxy) is 1. The Morgan fingerprint density at radius 1 is 1.14 bits per heavy atom. The second-order valence-electron chi connectivity index (χ2n) is 5.38. The first-order valence-corrected chi connectivity index (χ1v) is 7.25. The molecule has 0 aromatic heterocycles. The fourth-order valence-corrected chi connectivity index (χ4v) is 2.27. The van der Waals surface area contributed by atoms with Crippen LogP contribution in [0.15, 0.2) is 48.5 Å². The number of carbonyl (C=O) groups is 1. The Labute approximate surface area is 130 Å². The van der Waals surface area contributed by atoms with Gasteiger partial charge in [0.2, 0.25) is 0 Å². The minimum Gasteiger partial charge on any atom is -0.445 e. The highest BCUT2D eigenvalue weighted by Crippen LogP contribution is 2.16. The van der Waals surface area contributed by atoms with Gasteiger partial charge < -0.3 is 15.2 Å². The molecule has 1 unspecified atom stereocenters. The maximum atomic E-state index is 11.6. The van der Waals surface area contributed by atoms with E-state index < -0.39 is 12.2 Å². The number of hydrogen-bond donors (Lipinski definition) is 2. The number of rotatable bonds is 5. The zero-order chi connectivity index (χ0) is 15.9. The largest absolute Gasteiger partial charge is 0.445 e. The van der Waals surface area contributed by atoms with Crippen LogP contribution in [0.3, 0.4) is 0 Å². The minimum absolute atomic E-state index is 0.122. The van der Waals surface area contributed by atoms with Crippen LogP contribution in [0.4, 0.5) is 4.79 Å². The molecule has 0 radical (unpaired) electrons. The lowest BCUT2D eigenvalue weighted by Gasteiger charge is -2.14. The highest BCUT2D eigenvalue weighted by Gasteiger charge is 2.11. The molecule has 0 saturated carbocycles. The van der Waals surface area contributed by atoms with Crippen LogP contribution in [-0.4, -0.2) is 17.7 Å². The standard InChI is InChI=1S/C18H21NO3/c1-13-8-14(2)10-16(9-13)17(20)11-19-18(21)22-12-15-6-4-3-5-7-15/h3-10,17,20H,11-12H2,1-2H3,(H,19,21). The van der Waals surface area contributed by atoms with E-state index in [0.29, 0.717) is 0 Å². The lowest BCUT2D eigenvalue weighted by atomic mass is 10.0. The van der Waals surface area contributed by atoms with Gasteiger partial charge >= 0.3 is 6.09 Å². The van der Waals surface area contributed by atoms with Gasteiger partial charge in [0.25, 0.3) is 0 Å². The van der Waals surface area contributed by atoms with E-state index in [1.807, 2.05) is 62.4 Å². The second-order valence-corrected chi connectivity index (χ2v) is 5.38. The van der Waals surface area contributed by atoms with E-state index in [1.165, 1.54) is 0 Å². The SMILES string of the molecule is Cc1cc(C)cc(C(O)CNC(=O)OCc2ccccc2)c1. The van der Waals surface area contributed by atoms with Crippen molar-refractivity contribution in [1.82, 2.24) is 5.32 Å². The molecule has 2 aromatic rings. The highest BCUT2D eigenvalue weighted by atomic mass is 16.5. The Bertz CT molecular complexity index is 605. The van der Waals surface area contributed by atoms with E-state index >= 15 is 0 Å². The second kappa shape index (κ2) is 7.61. The first-order valence-electron chi connectivity index (χ1n) is 7.25. The molecule has 0 aliphatic rings. The molecule has 0 bridgehead atoms. The molecule has 0 fully saturated rings. The van der Waals surface area contributed by atoms with Crippen LogP contribution in [-0.2, 0) is 11.3 Å². The molecule has 0 aliphatic heterocycles. The van der Waals surface area contributed by atoms with Gasteiger partial charge in [-0.1, -0.05) is 59.7 Å². The fourth-order valence-electron chi connectivity index (χ4n) is 2.27. The van der Waals surface area contributed by atoms with E-state index in [4.69, 9.17) is 4.74 Å². The van der Waals surface area contributed by atoms with E-state index in [9.17, 15) is 9.90 Å². The number of alkyl carbamates (subject to hydrolysis) is 1. The molecule has 1 atom stereocenters. The normalized spacial score (nSPS) is 11.8. The number of hydrogen-bond acceptors (Lipinski definition) is 3. The quantitative estimate of drug-likeness (QED) is 0.891. The van der Waals surface area contributed by atoms with Gasteiger partial charge in [0.05, 0.1) is 12.6 Å². The number of aliphatic hydroxyl groups is 1. The van der Waals surface area contributed by atoms with Crippen molar-refractivity contribution in [2.45, 2.75) is 26.6 Å². The molecule has 0 saturated heterocycles. The molecule has 2 rings (SSSR count). The van der Waals surface area contributed by atoms with Gasteiger partial charge in [0, 0.05) is 0 Å². The van der Waals surface area contributed by atoms with E-state index in [2.05, 4.69) is 5.32 Å². The summed E-state index contributed by atoms with van der Waals surface area (Å²) in [5, 5.41) is 12.7. The first-order chi connectivity index (χ1) is 10.5. The van der Waals surface area contributed by atoms with Crippen molar-refractivity contribution < 1.29 is 14.6 Å². The smallest absolute Gasteiger partial charge is 0.407 e. The minimum atomic E-state index is -0.747. The third-order valence-corrected chi connectivity index (χ3v) is 3.28. The van der Waals surface area contributed by atoms with Crippen LogP contribution in [0.25, 0.3) is 0 Å². The maximum absolute atomic E-state index is 11.6. The van der Waals surface area contributed by atoms with Crippen LogP contribution in [0.5, 0.6) is 0 Å². The van der Waals surface area contributed by atoms with Crippen LogP contribution in [0, 0.1) is 13.8 Å². The molecular formula is C18H21NO3. The predicted molar refractivity (Wildman–Crippen MR) is 85.5 cm³/mol. The van der Waals surface area contributed by atoms with Gasteiger partial charge in [-0.3, -0.25) is 0 Å². The van der Waals surface area contributed by atoms with E-state index in [1.54, 1.807) is 0 Å². The Balaban J connectivity index is 1.80. The molecule has 22 heavy (non-hydrogen) atoms. The van der Waals surface area contributed by atoms with E-state index in [-0.39, 0.29) is 13.2 Å². The summed E-state index contributed by atoms with van der Waals surface area (Å²) in [7, 11) is 0. The van der Waals surface area contributed by atoms with Gasteiger partial charge in [-0.2, -0.15) is 0 Å². The van der Waals surface area contributed by atoms with Gasteiger partial charge in [0.1, 0.15) is 6.61 Å². The van der Waals surface area contributed by atoms with Crippen molar-refractivity contribution in [3.8, 4) is 0 Å². The van der Waals surface area contributed by atoms with Crippen LogP contribution in [0.2, 0.25) is 0 Å². The summed E-state index contributed by atoms with van der Waals surface area (Å²) in [6.07, 6.45) is -1.28. The average molecular weight is 299 g/mol. The molecule has 4 nitrogen and oxygen atoms in total. The Hall–Kier alpha value is -2.33. The fraction of sp³-hybridized carbons (Fsp3) is 0.278. The lowest BCUT2D eigenvalue weighted by molar-refractivity contribution is 0.126. The van der Waals surface area contributed by atoms with Crippen molar-refractivity contribution >= 4 is 6.09 Å². The number of benzene rings is 2. The summed E-state index contributed by atoms with van der Waals surface area (Å²) in [6.45, 7) is 4.29. The third-order valence-electron chi connectivity index (χ3n) is 3.28. The summed E-state index contributed by atoms with van der Waals surface area (Å²) < 4.78 is 5.10. The molecule has 116 valence electrons. The molecule has 0 aliphatic carbocycles. The summed E-state index contributed by atoms with van der Waals surface area (Å²) in [5.74, 6) is 0. The van der Waals surface area contributed by atoms with Crippen molar-refractivity contribution in [3.05, 3.63) is 70.8 Å². The van der Waals surface area contributed by atoms with Crippen LogP contribution in [0.1, 0.15) is 28.4 Å². The number of aryl methyl sites for hydroxylation is 2. The monoisotopic (exact) mass is 299 g/mol. The zero-order valence-electron chi connectivity index (χ0n) is 12.9. The molecule has 0 heterocycles. The number of nitrogens with one attached hydrogen (secondary N) is 1. The molecule has 0 spiro atoms. The average Bonchev–Trinajstić information content (AvgIpc) is 2.50. The number of carbonyl (C=O) groups excluding carboxylic acids is 1. The Kier molecular flexibility index (Phi) is 5.55. The van der Waals surface area contributed by atoms with Gasteiger partial charge in [-0.05, 0) is 25.0 Å². The van der Waals surface area contributed by atoms with Gasteiger partial charge in [-0.25, -0.2) is 4.79 Å². The van der Waals surface area contributed by atoms with E-state index in [0.717, 1.165) is 22.3 Å². The molecule has 2 aromatic carbocycles. The third kappa shape index (κ3) is 4.90. The van der Waals surface area contributed by atoms with Crippen molar-refractivity contribution in [3.63, 3.8) is 0 Å². The highest BCUT2D eigenvalue weighted by molar-refractivity contribution is 5.67. The summed E-state index contributed by atoms with van der Waals surface area (Å²) in [5.41, 5.74) is 3.88. The van der Waals surface area contributed by atoms with Crippen molar-refractivity contribution in [2.24, 2.45) is 0 Å². The zero-order valence-corrected chi connectivity index (χ0v) is 12.9. The number of amides is 1. The van der Waals surface area contributed by atoms with Crippen molar-refractivity contribution in [2.75, 3.05) is 6.54 Å². The topological polar surface area (TPSA) is 58.6 Å². The summed E-state index contributed by atoms with van der Waals surface area (Å²) >= 11 is 0. The maximum Gasteiger partial charge on any atom is 0.407 e. The predicted octanol–water partition coefficient (Wildman–Crippen LogP) is 3.26. The van der Waals surface area contributed by atoms with Crippen molar-refractivity contribution in [1.29, 1.82) is 0 Å². The van der Waals surface area contributed by atoms with Crippen LogP contribution < -0.4 is 5.32 Å². The lowest BCUT2D eigenvalue weighted by Crippen LogP contribution is -2.29. The Morgan fingerprint density at radius 3 is 2.41 bits per heavy atom. The number of aliphatic hydroxyl groups excluding tert-OH is 1. The van der Waals surface area contributed by atoms with Gasteiger partial charge in [-0.15, -0.1) is 0 Å². The first kappa shape index (κ1) is 16.0.